The summed E-state index contributed by atoms with van der Waals surface area (Å²) in [4.78, 5) is 0. The molecule has 0 heterocycles. The molecule has 0 aliphatic rings. The lowest BCUT2D eigenvalue weighted by Gasteiger charge is -2.23. The summed E-state index contributed by atoms with van der Waals surface area (Å²) in [6, 6.07) is 21.2. The molecule has 0 bridgehead atoms. The van der Waals surface area contributed by atoms with Gasteiger partial charge >= 0.3 is 0 Å². The molecular formula is C18H22N2S. The average Bonchev–Trinajstić information content (AvgIpc) is 2.54. The highest BCUT2D eigenvalue weighted by atomic mass is 32.1. The van der Waals surface area contributed by atoms with Crippen LogP contribution in [0.25, 0.3) is 0 Å². The smallest absolute Gasteiger partial charge is 0.167 e. The fourth-order valence-corrected chi connectivity index (χ4v) is 2.65. The van der Waals surface area contributed by atoms with E-state index < -0.39 is 0 Å². The van der Waals surface area contributed by atoms with E-state index in [2.05, 4.69) is 60.9 Å². The molecule has 2 aromatic carbocycles. The summed E-state index contributed by atoms with van der Waals surface area (Å²) >= 11 is 5.45. The third-order valence-corrected chi connectivity index (χ3v) is 3.80. The summed E-state index contributed by atoms with van der Waals surface area (Å²) in [5.74, 6) is 0. The van der Waals surface area contributed by atoms with Crippen LogP contribution in [0.2, 0.25) is 0 Å². The molecule has 0 saturated carbocycles. The van der Waals surface area contributed by atoms with Crippen LogP contribution in [0.5, 0.6) is 0 Å². The Bertz CT molecular complexity index is 554. The zero-order valence-electron chi connectivity index (χ0n) is 12.5. The molecule has 2 unspecified atom stereocenters. The van der Waals surface area contributed by atoms with Gasteiger partial charge in [-0.1, -0.05) is 67.6 Å². The van der Waals surface area contributed by atoms with E-state index in [4.69, 9.17) is 12.2 Å². The van der Waals surface area contributed by atoms with Crippen molar-refractivity contribution in [2.45, 2.75) is 32.4 Å². The third-order valence-electron chi connectivity index (χ3n) is 3.56. The summed E-state index contributed by atoms with van der Waals surface area (Å²) in [5, 5.41) is 7.45. The van der Waals surface area contributed by atoms with Gasteiger partial charge in [0.2, 0.25) is 0 Å². The van der Waals surface area contributed by atoms with Gasteiger partial charge in [-0.05, 0) is 36.7 Å². The topological polar surface area (TPSA) is 24.1 Å². The Balaban J connectivity index is 1.94. The maximum atomic E-state index is 5.45. The highest BCUT2D eigenvalue weighted by molar-refractivity contribution is 7.80. The molecule has 0 saturated heterocycles. The molecule has 2 nitrogen and oxygen atoms in total. The molecule has 0 aromatic heterocycles. The van der Waals surface area contributed by atoms with Gasteiger partial charge in [0.05, 0.1) is 12.1 Å². The lowest BCUT2D eigenvalue weighted by Crippen LogP contribution is -2.38. The number of hydrogen-bond donors (Lipinski definition) is 2. The van der Waals surface area contributed by atoms with Crippen molar-refractivity contribution in [3.63, 3.8) is 0 Å². The summed E-state index contributed by atoms with van der Waals surface area (Å²) < 4.78 is 0. The SMILES string of the molecule is CCC(NC(=S)NC(C)c1ccccc1)c1ccccc1. The van der Waals surface area contributed by atoms with Crippen molar-refractivity contribution in [2.24, 2.45) is 0 Å². The molecule has 0 radical (unpaired) electrons. The fraction of sp³-hybridized carbons (Fsp3) is 0.278. The van der Waals surface area contributed by atoms with Crippen LogP contribution in [0.15, 0.2) is 60.7 Å². The van der Waals surface area contributed by atoms with Crippen LogP contribution >= 0.6 is 12.2 Å². The molecule has 0 aliphatic carbocycles. The van der Waals surface area contributed by atoms with Crippen molar-refractivity contribution in [2.75, 3.05) is 0 Å². The lowest BCUT2D eigenvalue weighted by molar-refractivity contribution is 0.601. The molecule has 2 N–H and O–H groups in total. The largest absolute Gasteiger partial charge is 0.356 e. The number of rotatable bonds is 5. The van der Waals surface area contributed by atoms with E-state index in [0.717, 1.165) is 6.42 Å². The second-order valence-corrected chi connectivity index (χ2v) is 5.53. The predicted octanol–water partition coefficient (Wildman–Crippen LogP) is 4.36. The highest BCUT2D eigenvalue weighted by Gasteiger charge is 2.12. The maximum absolute atomic E-state index is 5.45. The third kappa shape index (κ3) is 4.57. The van der Waals surface area contributed by atoms with E-state index in [-0.39, 0.29) is 12.1 Å². The van der Waals surface area contributed by atoms with Gasteiger partial charge in [0, 0.05) is 0 Å². The van der Waals surface area contributed by atoms with Crippen molar-refractivity contribution in [3.8, 4) is 0 Å². The molecule has 3 heteroatoms. The van der Waals surface area contributed by atoms with E-state index in [0.29, 0.717) is 5.11 Å². The Labute approximate surface area is 132 Å². The summed E-state index contributed by atoms with van der Waals surface area (Å²) in [6.45, 7) is 4.28. The minimum absolute atomic E-state index is 0.194. The monoisotopic (exact) mass is 298 g/mol. The second kappa shape index (κ2) is 7.79. The number of nitrogens with one attached hydrogen (secondary N) is 2. The van der Waals surface area contributed by atoms with Crippen LogP contribution in [0.3, 0.4) is 0 Å². The van der Waals surface area contributed by atoms with Crippen molar-refractivity contribution < 1.29 is 0 Å². The second-order valence-electron chi connectivity index (χ2n) is 5.12. The zero-order valence-corrected chi connectivity index (χ0v) is 13.4. The van der Waals surface area contributed by atoms with Gasteiger partial charge in [0.25, 0.3) is 0 Å². The first-order valence-corrected chi connectivity index (χ1v) is 7.78. The minimum Gasteiger partial charge on any atom is -0.356 e. The average molecular weight is 298 g/mol. The molecule has 110 valence electrons. The zero-order chi connectivity index (χ0) is 15.1. The number of hydrogen-bond acceptors (Lipinski definition) is 1. The minimum atomic E-state index is 0.194. The van der Waals surface area contributed by atoms with Crippen LogP contribution in [0, 0.1) is 0 Å². The van der Waals surface area contributed by atoms with E-state index in [1.54, 1.807) is 0 Å². The summed E-state index contributed by atoms with van der Waals surface area (Å²) in [7, 11) is 0. The maximum Gasteiger partial charge on any atom is 0.167 e. The first kappa shape index (κ1) is 15.5. The molecular weight excluding hydrogens is 276 g/mol. The Morgan fingerprint density at radius 1 is 0.905 bits per heavy atom. The molecule has 0 amide bonds. The molecule has 2 atom stereocenters. The van der Waals surface area contributed by atoms with Crippen molar-refractivity contribution in [1.29, 1.82) is 0 Å². The van der Waals surface area contributed by atoms with Gasteiger partial charge < -0.3 is 10.6 Å². The van der Waals surface area contributed by atoms with Crippen LogP contribution in [0.4, 0.5) is 0 Å². The van der Waals surface area contributed by atoms with Crippen molar-refractivity contribution in [1.82, 2.24) is 10.6 Å². The normalized spacial score (nSPS) is 13.2. The van der Waals surface area contributed by atoms with E-state index in [9.17, 15) is 0 Å². The van der Waals surface area contributed by atoms with Gasteiger partial charge in [0.15, 0.2) is 5.11 Å². The molecule has 2 rings (SSSR count). The molecule has 0 fully saturated rings. The number of thiocarbonyl (C=S) groups is 1. The summed E-state index contributed by atoms with van der Waals surface area (Å²) in [6.07, 6.45) is 0.992. The van der Waals surface area contributed by atoms with Crippen molar-refractivity contribution in [3.05, 3.63) is 71.8 Å². The Morgan fingerprint density at radius 2 is 1.43 bits per heavy atom. The van der Waals surface area contributed by atoms with Crippen LogP contribution in [0.1, 0.15) is 43.5 Å². The van der Waals surface area contributed by atoms with E-state index in [1.807, 2.05) is 24.3 Å². The van der Waals surface area contributed by atoms with Crippen LogP contribution < -0.4 is 10.6 Å². The Hall–Kier alpha value is -1.87. The van der Waals surface area contributed by atoms with E-state index >= 15 is 0 Å². The van der Waals surface area contributed by atoms with Gasteiger partial charge in [-0.2, -0.15) is 0 Å². The van der Waals surface area contributed by atoms with Crippen LogP contribution in [-0.2, 0) is 0 Å². The highest BCUT2D eigenvalue weighted by Crippen LogP contribution is 2.16. The quantitative estimate of drug-likeness (QED) is 0.802. The molecule has 2 aromatic rings. The van der Waals surface area contributed by atoms with Crippen molar-refractivity contribution >= 4 is 17.3 Å². The first-order valence-electron chi connectivity index (χ1n) is 7.37. The lowest BCUT2D eigenvalue weighted by atomic mass is 10.1. The van der Waals surface area contributed by atoms with Gasteiger partial charge in [-0.25, -0.2) is 0 Å². The predicted molar refractivity (Wildman–Crippen MR) is 93.2 cm³/mol. The molecule has 0 spiro atoms. The van der Waals surface area contributed by atoms with E-state index in [1.165, 1.54) is 11.1 Å². The standard InChI is InChI=1S/C18H22N2S/c1-3-17(16-12-8-5-9-13-16)20-18(21)19-14(2)15-10-6-4-7-11-15/h4-14,17H,3H2,1-2H3,(H2,19,20,21). The van der Waals surface area contributed by atoms with Gasteiger partial charge in [-0.15, -0.1) is 0 Å². The molecule has 21 heavy (non-hydrogen) atoms. The Morgan fingerprint density at radius 3 is 1.95 bits per heavy atom. The Kier molecular flexibility index (Phi) is 5.76. The first-order chi connectivity index (χ1) is 10.2. The van der Waals surface area contributed by atoms with Gasteiger partial charge in [0.1, 0.15) is 0 Å². The van der Waals surface area contributed by atoms with Gasteiger partial charge in [-0.3, -0.25) is 0 Å². The molecule has 0 aliphatic heterocycles. The summed E-state index contributed by atoms with van der Waals surface area (Å²) in [5.41, 5.74) is 2.49. The van der Waals surface area contributed by atoms with Crippen LogP contribution in [-0.4, -0.2) is 5.11 Å². The fourth-order valence-electron chi connectivity index (χ4n) is 2.33. The number of benzene rings is 2.